The first-order valence-corrected chi connectivity index (χ1v) is 9.69. The summed E-state index contributed by atoms with van der Waals surface area (Å²) in [6, 6.07) is 3.97. The van der Waals surface area contributed by atoms with Crippen LogP contribution in [0.25, 0.3) is 20.4 Å². The van der Waals surface area contributed by atoms with Crippen molar-refractivity contribution >= 4 is 59.3 Å². The largest absolute Gasteiger partial charge is 0.412 e. The first-order valence-electron chi connectivity index (χ1n) is 8.05. The summed E-state index contributed by atoms with van der Waals surface area (Å²) < 4.78 is 2.08. The van der Waals surface area contributed by atoms with Crippen LogP contribution in [0, 0.1) is 5.92 Å². The van der Waals surface area contributed by atoms with Crippen molar-refractivity contribution in [2.45, 2.75) is 19.8 Å². The Balaban J connectivity index is 0.00000182. The van der Waals surface area contributed by atoms with Crippen LogP contribution in [-0.2, 0) is 4.79 Å². The summed E-state index contributed by atoms with van der Waals surface area (Å²) in [7, 11) is 0. The van der Waals surface area contributed by atoms with Crippen molar-refractivity contribution in [3.8, 4) is 0 Å². The molecule has 1 aliphatic rings. The van der Waals surface area contributed by atoms with E-state index in [0.717, 1.165) is 33.5 Å². The molecule has 2 aromatic heterocycles. The van der Waals surface area contributed by atoms with Crippen LogP contribution in [0.1, 0.15) is 19.8 Å². The number of carbonyl (C=O) groups excluding carboxylic acids is 1. The minimum Gasteiger partial charge on any atom is -0.412 e. The topological polar surface area (TPSA) is 116 Å². The van der Waals surface area contributed by atoms with Crippen molar-refractivity contribution in [2.24, 2.45) is 5.92 Å². The molecular formula is C16H21N5O2S2. The third-order valence-electron chi connectivity index (χ3n) is 4.27. The molecule has 9 heteroatoms. The summed E-state index contributed by atoms with van der Waals surface area (Å²) in [5, 5.41) is 4.14. The first-order chi connectivity index (χ1) is 11.6. The zero-order valence-electron chi connectivity index (χ0n) is 13.9. The van der Waals surface area contributed by atoms with Crippen LogP contribution in [0.3, 0.4) is 0 Å². The SMILES string of the molecule is CC1CCCN(CC(=O)Nc2nc3cc4nc(N)sc4cc3s2)C1.O. The molecule has 1 aliphatic heterocycles. The summed E-state index contributed by atoms with van der Waals surface area (Å²) in [6.07, 6.45) is 2.42. The summed E-state index contributed by atoms with van der Waals surface area (Å²) in [5.74, 6) is 0.675. The van der Waals surface area contributed by atoms with Gasteiger partial charge in [0, 0.05) is 6.54 Å². The number of nitrogens with one attached hydrogen (secondary N) is 1. The summed E-state index contributed by atoms with van der Waals surface area (Å²) >= 11 is 2.95. The van der Waals surface area contributed by atoms with Gasteiger partial charge in [0.05, 0.1) is 27.0 Å². The maximum atomic E-state index is 12.3. The van der Waals surface area contributed by atoms with Crippen molar-refractivity contribution in [1.82, 2.24) is 14.9 Å². The Morgan fingerprint density at radius 2 is 2.08 bits per heavy atom. The van der Waals surface area contributed by atoms with Crippen LogP contribution in [0.2, 0.25) is 0 Å². The Morgan fingerprint density at radius 3 is 2.88 bits per heavy atom. The highest BCUT2D eigenvalue weighted by Gasteiger charge is 2.19. The normalized spacial score (nSPS) is 18.4. The van der Waals surface area contributed by atoms with Crippen LogP contribution < -0.4 is 11.1 Å². The average Bonchev–Trinajstić information content (AvgIpc) is 3.04. The molecule has 0 saturated carbocycles. The molecule has 1 fully saturated rings. The molecule has 0 spiro atoms. The third-order valence-corrected chi connectivity index (χ3v) is 6.05. The van der Waals surface area contributed by atoms with E-state index in [9.17, 15) is 4.79 Å². The van der Waals surface area contributed by atoms with Gasteiger partial charge in [-0.1, -0.05) is 29.6 Å². The number of benzene rings is 1. The summed E-state index contributed by atoms with van der Waals surface area (Å²) in [5.41, 5.74) is 7.45. The molecule has 1 atom stereocenters. The number of piperidine rings is 1. The van der Waals surface area contributed by atoms with Gasteiger partial charge in [0.25, 0.3) is 0 Å². The summed E-state index contributed by atoms with van der Waals surface area (Å²) in [4.78, 5) is 23.3. The van der Waals surface area contributed by atoms with E-state index in [-0.39, 0.29) is 11.4 Å². The second-order valence-corrected chi connectivity index (χ2v) is 8.48. The standard InChI is InChI=1S/C16H19N5OS2.H2O/c1-9-3-2-4-21(7-9)8-14(22)20-16-19-11-5-10-12(6-13(11)24-16)23-15(17)18-10;/h5-6,9H,2-4,7-8H2,1H3,(H2,17,18)(H,19,20,22);1H2. The Hall–Kier alpha value is -1.81. The molecule has 0 radical (unpaired) electrons. The highest BCUT2D eigenvalue weighted by atomic mass is 32.1. The van der Waals surface area contributed by atoms with Gasteiger partial charge in [0.1, 0.15) is 0 Å². The predicted molar refractivity (Wildman–Crippen MR) is 104 cm³/mol. The number of anilines is 2. The lowest BCUT2D eigenvalue weighted by atomic mass is 10.0. The number of aromatic nitrogens is 2. The number of rotatable bonds is 3. The van der Waals surface area contributed by atoms with Gasteiger partial charge in [0.15, 0.2) is 10.3 Å². The van der Waals surface area contributed by atoms with E-state index in [4.69, 9.17) is 5.73 Å². The number of likely N-dealkylation sites (tertiary alicyclic amines) is 1. The minimum absolute atomic E-state index is 0. The van der Waals surface area contributed by atoms with Crippen LogP contribution in [0.5, 0.6) is 0 Å². The smallest absolute Gasteiger partial charge is 0.240 e. The van der Waals surface area contributed by atoms with Crippen molar-refractivity contribution in [1.29, 1.82) is 0 Å². The number of nitrogen functional groups attached to an aromatic ring is 1. The molecule has 3 aromatic rings. The number of carbonyl (C=O) groups is 1. The van der Waals surface area contributed by atoms with Crippen molar-refractivity contribution in [2.75, 3.05) is 30.7 Å². The number of fused-ring (bicyclic) bond motifs is 2. The van der Waals surface area contributed by atoms with Crippen molar-refractivity contribution in [3.05, 3.63) is 12.1 Å². The van der Waals surface area contributed by atoms with Crippen molar-refractivity contribution < 1.29 is 10.3 Å². The quantitative estimate of drug-likeness (QED) is 0.724. The van der Waals surface area contributed by atoms with E-state index in [1.54, 1.807) is 0 Å². The Bertz CT molecular complexity index is 856. The lowest BCUT2D eigenvalue weighted by Crippen LogP contribution is -2.39. The van der Waals surface area contributed by atoms with Gasteiger partial charge in [-0.05, 0) is 37.4 Å². The van der Waals surface area contributed by atoms with Gasteiger partial charge >= 0.3 is 0 Å². The molecule has 0 aliphatic carbocycles. The van der Waals surface area contributed by atoms with Gasteiger partial charge < -0.3 is 16.5 Å². The third kappa shape index (κ3) is 3.90. The zero-order chi connectivity index (χ0) is 16.7. The van der Waals surface area contributed by atoms with E-state index in [0.29, 0.717) is 22.7 Å². The Morgan fingerprint density at radius 1 is 1.32 bits per heavy atom. The van der Waals surface area contributed by atoms with Gasteiger partial charge in [-0.15, -0.1) is 0 Å². The number of thiazole rings is 2. The molecule has 1 aromatic carbocycles. The van der Waals surface area contributed by atoms with Gasteiger partial charge in [0.2, 0.25) is 5.91 Å². The average molecular weight is 380 g/mol. The summed E-state index contributed by atoms with van der Waals surface area (Å²) in [6.45, 7) is 4.68. The molecule has 5 N–H and O–H groups in total. The number of amides is 1. The van der Waals surface area contributed by atoms with E-state index in [1.807, 2.05) is 12.1 Å². The minimum atomic E-state index is 0. The lowest BCUT2D eigenvalue weighted by molar-refractivity contribution is -0.117. The fourth-order valence-electron chi connectivity index (χ4n) is 3.21. The van der Waals surface area contributed by atoms with Crippen LogP contribution in [0.15, 0.2) is 12.1 Å². The molecule has 1 unspecified atom stereocenters. The molecule has 3 heterocycles. The van der Waals surface area contributed by atoms with E-state index >= 15 is 0 Å². The highest BCUT2D eigenvalue weighted by Crippen LogP contribution is 2.33. The van der Waals surface area contributed by atoms with Crippen molar-refractivity contribution in [3.63, 3.8) is 0 Å². The number of hydrogen-bond acceptors (Lipinski definition) is 7. The monoisotopic (exact) mass is 379 g/mol. The van der Waals surface area contributed by atoms with E-state index in [2.05, 4.69) is 27.1 Å². The maximum Gasteiger partial charge on any atom is 0.240 e. The number of nitrogens with two attached hydrogens (primary N) is 1. The number of hydrogen-bond donors (Lipinski definition) is 2. The molecule has 1 saturated heterocycles. The molecule has 0 bridgehead atoms. The molecule has 1 amide bonds. The Kier molecular flexibility index (Phi) is 5.19. The Labute approximate surface area is 153 Å². The van der Waals surface area contributed by atoms with Crippen LogP contribution in [0.4, 0.5) is 10.3 Å². The molecule has 7 nitrogen and oxygen atoms in total. The van der Waals surface area contributed by atoms with Gasteiger partial charge in [-0.2, -0.15) is 0 Å². The van der Waals surface area contributed by atoms with Crippen LogP contribution >= 0.6 is 22.7 Å². The van der Waals surface area contributed by atoms with Gasteiger partial charge in [-0.25, -0.2) is 9.97 Å². The molecular weight excluding hydrogens is 358 g/mol. The molecule has 4 rings (SSSR count). The second-order valence-electron chi connectivity index (χ2n) is 6.39. The molecule has 25 heavy (non-hydrogen) atoms. The predicted octanol–water partition coefficient (Wildman–Crippen LogP) is 2.33. The van der Waals surface area contributed by atoms with E-state index < -0.39 is 0 Å². The molecule has 134 valence electrons. The second kappa shape index (κ2) is 7.20. The first kappa shape index (κ1) is 18.0. The fraction of sp³-hybridized carbons (Fsp3) is 0.438. The van der Waals surface area contributed by atoms with Gasteiger partial charge in [-0.3, -0.25) is 9.69 Å². The number of nitrogens with zero attached hydrogens (tertiary/aromatic N) is 3. The highest BCUT2D eigenvalue weighted by molar-refractivity contribution is 7.24. The fourth-order valence-corrected chi connectivity index (χ4v) is 4.95. The zero-order valence-corrected chi connectivity index (χ0v) is 15.5. The van der Waals surface area contributed by atoms with E-state index in [1.165, 1.54) is 35.5 Å². The maximum absolute atomic E-state index is 12.3. The van der Waals surface area contributed by atoms with Crippen LogP contribution in [-0.4, -0.2) is 45.9 Å². The lowest BCUT2D eigenvalue weighted by Gasteiger charge is -2.29.